The number of likely N-dealkylation sites (N-methyl/N-ethyl adjacent to an activating group) is 1. The average molecular weight is 335 g/mol. The first-order chi connectivity index (χ1) is 11.3. The Morgan fingerprint density at radius 3 is 2.17 bits per heavy atom. The van der Waals surface area contributed by atoms with Crippen LogP contribution in [-0.4, -0.2) is 83.0 Å². The number of hydrogen-bond donors (Lipinski definition) is 0. The molecule has 2 aromatic heterocycles. The summed E-state index contributed by atoms with van der Waals surface area (Å²) in [5.41, 5.74) is 0.988. The maximum absolute atomic E-state index is 4.82. The van der Waals surface area contributed by atoms with Crippen molar-refractivity contribution in [2.75, 3.05) is 67.6 Å². The third-order valence-corrected chi connectivity index (χ3v) is 5.35. The smallest absolute Gasteiger partial charge is 0.245 e. The van der Waals surface area contributed by atoms with Gasteiger partial charge in [-0.15, -0.1) is 0 Å². The Balaban J connectivity index is 1.72. The summed E-state index contributed by atoms with van der Waals surface area (Å²) in [6.07, 6.45) is 1.13. The van der Waals surface area contributed by atoms with Crippen LogP contribution in [0.4, 0.5) is 11.6 Å². The summed E-state index contributed by atoms with van der Waals surface area (Å²) >= 11 is 1.99. The first-order valence-electron chi connectivity index (χ1n) is 8.08. The molecule has 0 bridgehead atoms. The fourth-order valence-electron chi connectivity index (χ4n) is 3.08. The van der Waals surface area contributed by atoms with Gasteiger partial charge in [-0.2, -0.15) is 11.8 Å². The molecular formula is C14H21N7OS. The van der Waals surface area contributed by atoms with Crippen molar-refractivity contribution in [1.29, 1.82) is 0 Å². The van der Waals surface area contributed by atoms with E-state index >= 15 is 0 Å². The minimum absolute atomic E-state index is 0.493. The molecule has 0 aliphatic carbocycles. The van der Waals surface area contributed by atoms with Gasteiger partial charge in [0.05, 0.1) is 0 Å². The van der Waals surface area contributed by atoms with Gasteiger partial charge in [0, 0.05) is 44.2 Å². The van der Waals surface area contributed by atoms with Gasteiger partial charge in [0.15, 0.2) is 11.6 Å². The highest BCUT2D eigenvalue weighted by Crippen LogP contribution is 2.29. The molecule has 2 aliphatic rings. The first-order valence-corrected chi connectivity index (χ1v) is 9.23. The minimum Gasteiger partial charge on any atom is -0.352 e. The molecule has 2 saturated heterocycles. The van der Waals surface area contributed by atoms with E-state index in [0.717, 1.165) is 68.8 Å². The Morgan fingerprint density at radius 2 is 1.48 bits per heavy atom. The molecule has 0 aromatic carbocycles. The lowest BCUT2D eigenvalue weighted by Gasteiger charge is -2.31. The second-order valence-electron chi connectivity index (χ2n) is 6.03. The van der Waals surface area contributed by atoms with Gasteiger partial charge in [0.25, 0.3) is 0 Å². The van der Waals surface area contributed by atoms with Crippen LogP contribution < -0.4 is 9.80 Å². The van der Waals surface area contributed by atoms with E-state index in [4.69, 9.17) is 14.6 Å². The molecule has 0 saturated carbocycles. The lowest BCUT2D eigenvalue weighted by molar-refractivity contribution is 0.314. The molecule has 4 heterocycles. The molecule has 124 valence electrons. The molecule has 4 rings (SSSR count). The molecule has 0 unspecified atom stereocenters. The number of aromatic nitrogens is 4. The van der Waals surface area contributed by atoms with Gasteiger partial charge in [0.1, 0.15) is 0 Å². The summed E-state index contributed by atoms with van der Waals surface area (Å²) in [6.45, 7) is 6.09. The zero-order valence-corrected chi connectivity index (χ0v) is 14.1. The van der Waals surface area contributed by atoms with Crippen LogP contribution in [0.5, 0.6) is 0 Å². The number of fused-ring (bicyclic) bond motifs is 1. The van der Waals surface area contributed by atoms with Gasteiger partial charge < -0.3 is 14.7 Å². The van der Waals surface area contributed by atoms with Gasteiger partial charge in [-0.05, 0) is 30.3 Å². The predicted octanol–water partition coefficient (Wildman–Crippen LogP) is 0.708. The third-order valence-electron chi connectivity index (χ3n) is 4.41. The van der Waals surface area contributed by atoms with Gasteiger partial charge in [0.2, 0.25) is 11.3 Å². The molecule has 0 radical (unpaired) electrons. The van der Waals surface area contributed by atoms with Crippen molar-refractivity contribution in [2.45, 2.75) is 6.42 Å². The SMILES string of the molecule is CN1CCCN(c2nc3nonc3nc2N2CCSCC2)CC1. The molecule has 0 atom stereocenters. The highest BCUT2D eigenvalue weighted by molar-refractivity contribution is 7.99. The molecule has 0 N–H and O–H groups in total. The summed E-state index contributed by atoms with van der Waals surface area (Å²) in [4.78, 5) is 16.5. The molecule has 2 aromatic rings. The highest BCUT2D eigenvalue weighted by atomic mass is 32.2. The topological polar surface area (TPSA) is 74.4 Å². The van der Waals surface area contributed by atoms with E-state index in [1.54, 1.807) is 0 Å². The lowest BCUT2D eigenvalue weighted by atomic mass is 10.3. The van der Waals surface area contributed by atoms with E-state index in [1.807, 2.05) is 11.8 Å². The lowest BCUT2D eigenvalue weighted by Crippen LogP contribution is -2.36. The van der Waals surface area contributed by atoms with Gasteiger partial charge >= 0.3 is 0 Å². The van der Waals surface area contributed by atoms with Crippen molar-refractivity contribution < 1.29 is 4.63 Å². The molecule has 2 fully saturated rings. The summed E-state index contributed by atoms with van der Waals surface area (Å²) in [6, 6.07) is 0. The van der Waals surface area contributed by atoms with Gasteiger partial charge in [-0.1, -0.05) is 0 Å². The van der Waals surface area contributed by atoms with Crippen molar-refractivity contribution in [2.24, 2.45) is 0 Å². The summed E-state index contributed by atoms with van der Waals surface area (Å²) < 4.78 is 4.82. The van der Waals surface area contributed by atoms with Gasteiger partial charge in [-0.3, -0.25) is 0 Å². The number of thioether (sulfide) groups is 1. The standard InChI is InChI=1S/C14H21N7OS/c1-19-3-2-4-20(6-5-19)13-14(21-7-9-23-10-8-21)16-12-11(15-13)17-22-18-12/h2-10H2,1H3. The average Bonchev–Trinajstić information content (AvgIpc) is 2.94. The van der Waals surface area contributed by atoms with Crippen molar-refractivity contribution in [3.8, 4) is 0 Å². The van der Waals surface area contributed by atoms with Crippen molar-refractivity contribution in [1.82, 2.24) is 25.2 Å². The van der Waals surface area contributed by atoms with Crippen LogP contribution in [0.1, 0.15) is 6.42 Å². The van der Waals surface area contributed by atoms with Crippen molar-refractivity contribution in [3.05, 3.63) is 0 Å². The van der Waals surface area contributed by atoms with Crippen LogP contribution in [0, 0.1) is 0 Å². The van der Waals surface area contributed by atoms with E-state index in [-0.39, 0.29) is 0 Å². The Morgan fingerprint density at radius 1 is 0.826 bits per heavy atom. The Hall–Kier alpha value is -1.61. The Labute approximate surface area is 139 Å². The van der Waals surface area contributed by atoms with E-state index in [2.05, 4.69) is 32.1 Å². The van der Waals surface area contributed by atoms with Crippen LogP contribution >= 0.6 is 11.8 Å². The van der Waals surface area contributed by atoms with E-state index in [1.165, 1.54) is 0 Å². The summed E-state index contributed by atoms with van der Waals surface area (Å²) in [5.74, 6) is 4.10. The van der Waals surface area contributed by atoms with Crippen LogP contribution in [0.15, 0.2) is 4.63 Å². The van der Waals surface area contributed by atoms with Gasteiger partial charge in [-0.25, -0.2) is 14.6 Å². The minimum atomic E-state index is 0.493. The Bertz CT molecular complexity index is 672. The number of rotatable bonds is 2. The van der Waals surface area contributed by atoms with Crippen molar-refractivity contribution >= 4 is 34.7 Å². The fourth-order valence-corrected chi connectivity index (χ4v) is 3.98. The van der Waals surface area contributed by atoms with E-state index < -0.39 is 0 Å². The number of nitrogens with zero attached hydrogens (tertiary/aromatic N) is 7. The zero-order chi connectivity index (χ0) is 15.6. The normalized spacial score (nSPS) is 20.9. The first kappa shape index (κ1) is 14.9. The Kier molecular flexibility index (Phi) is 4.21. The van der Waals surface area contributed by atoms with E-state index in [0.29, 0.717) is 11.3 Å². The summed E-state index contributed by atoms with van der Waals surface area (Å²) in [7, 11) is 2.17. The molecule has 9 heteroatoms. The molecule has 8 nitrogen and oxygen atoms in total. The maximum Gasteiger partial charge on any atom is 0.245 e. The second kappa shape index (κ2) is 6.48. The van der Waals surface area contributed by atoms with E-state index in [9.17, 15) is 0 Å². The van der Waals surface area contributed by atoms with Crippen LogP contribution in [-0.2, 0) is 0 Å². The largest absolute Gasteiger partial charge is 0.352 e. The molecular weight excluding hydrogens is 314 g/mol. The molecule has 0 spiro atoms. The molecule has 2 aliphatic heterocycles. The zero-order valence-electron chi connectivity index (χ0n) is 13.3. The van der Waals surface area contributed by atoms with Crippen LogP contribution in [0.25, 0.3) is 11.3 Å². The van der Waals surface area contributed by atoms with Crippen molar-refractivity contribution in [3.63, 3.8) is 0 Å². The fraction of sp³-hybridized carbons (Fsp3) is 0.714. The van der Waals surface area contributed by atoms with Crippen LogP contribution in [0.2, 0.25) is 0 Å². The molecule has 23 heavy (non-hydrogen) atoms. The highest BCUT2D eigenvalue weighted by Gasteiger charge is 2.25. The number of hydrogen-bond acceptors (Lipinski definition) is 9. The monoisotopic (exact) mass is 335 g/mol. The number of anilines is 2. The quantitative estimate of drug-likeness (QED) is 0.788. The maximum atomic E-state index is 4.82. The summed E-state index contributed by atoms with van der Waals surface area (Å²) in [5, 5.41) is 7.75. The second-order valence-corrected chi connectivity index (χ2v) is 7.25. The van der Waals surface area contributed by atoms with Crippen LogP contribution in [0.3, 0.4) is 0 Å². The molecule has 0 amide bonds. The predicted molar refractivity (Wildman–Crippen MR) is 91.3 cm³/mol. The third kappa shape index (κ3) is 3.07.